The van der Waals surface area contributed by atoms with Crippen LogP contribution in [0, 0.1) is 0 Å². The Balaban J connectivity index is 1.16. The second-order valence-electron chi connectivity index (χ2n) is 9.09. The number of para-hydroxylation sites is 1. The maximum atomic E-state index is 12.8. The molecule has 1 aliphatic rings. The van der Waals surface area contributed by atoms with Crippen molar-refractivity contribution in [1.82, 2.24) is 20.4 Å². The van der Waals surface area contributed by atoms with E-state index in [-0.39, 0.29) is 12.0 Å². The van der Waals surface area contributed by atoms with Crippen LogP contribution in [0.2, 0.25) is 0 Å². The van der Waals surface area contributed by atoms with Crippen LogP contribution in [-0.4, -0.2) is 66.9 Å². The number of rotatable bonds is 9. The van der Waals surface area contributed by atoms with Crippen LogP contribution in [0.3, 0.4) is 0 Å². The molecule has 1 amide bonds. The van der Waals surface area contributed by atoms with Crippen LogP contribution in [-0.2, 0) is 4.74 Å². The molecule has 1 aromatic heterocycles. The summed E-state index contributed by atoms with van der Waals surface area (Å²) in [6.45, 7) is 5.21. The zero-order valence-electron chi connectivity index (χ0n) is 21.5. The van der Waals surface area contributed by atoms with E-state index in [0.29, 0.717) is 31.0 Å². The molecular weight excluding hydrogens is 482 g/mol. The lowest BCUT2D eigenvalue weighted by atomic mass is 10.2. The van der Waals surface area contributed by atoms with Gasteiger partial charge in [0.15, 0.2) is 0 Å². The van der Waals surface area contributed by atoms with Crippen LogP contribution >= 0.6 is 0 Å². The molecule has 1 N–H and O–H groups in total. The van der Waals surface area contributed by atoms with Crippen LogP contribution in [0.1, 0.15) is 17.3 Å². The fourth-order valence-corrected chi connectivity index (χ4v) is 4.18. The average molecular weight is 514 g/mol. The average Bonchev–Trinajstić information content (AvgIpc) is 2.96. The monoisotopic (exact) mass is 513 g/mol. The van der Waals surface area contributed by atoms with Gasteiger partial charge in [0.1, 0.15) is 36.0 Å². The Hall–Kier alpha value is -4.21. The zero-order valence-corrected chi connectivity index (χ0v) is 21.5. The second kappa shape index (κ2) is 11.9. The van der Waals surface area contributed by atoms with Crippen molar-refractivity contribution < 1.29 is 19.0 Å². The maximum Gasteiger partial charge on any atom is 0.265 e. The molecule has 9 nitrogen and oxygen atoms in total. The van der Waals surface area contributed by atoms with Gasteiger partial charge < -0.3 is 19.1 Å². The van der Waals surface area contributed by atoms with Crippen LogP contribution < -0.4 is 19.8 Å². The number of anilines is 1. The molecule has 3 aromatic carbocycles. The molecule has 1 fully saturated rings. The van der Waals surface area contributed by atoms with Gasteiger partial charge in [0, 0.05) is 50.3 Å². The summed E-state index contributed by atoms with van der Waals surface area (Å²) in [6.07, 6.45) is 1.59. The van der Waals surface area contributed by atoms with Crippen molar-refractivity contribution in [2.75, 3.05) is 44.8 Å². The van der Waals surface area contributed by atoms with E-state index in [2.05, 4.69) is 20.3 Å². The summed E-state index contributed by atoms with van der Waals surface area (Å²) in [5.41, 5.74) is 4.42. The summed E-state index contributed by atoms with van der Waals surface area (Å²) < 4.78 is 16.9. The third-order valence-electron chi connectivity index (χ3n) is 6.41. The number of hydrazine groups is 1. The molecule has 0 radical (unpaired) electrons. The van der Waals surface area contributed by atoms with Crippen molar-refractivity contribution in [3.05, 3.63) is 84.7 Å². The number of methoxy groups -OCH3 is 1. The maximum absolute atomic E-state index is 12.8. The van der Waals surface area contributed by atoms with Gasteiger partial charge in [-0.1, -0.05) is 18.2 Å². The predicted molar refractivity (Wildman–Crippen MR) is 146 cm³/mol. The van der Waals surface area contributed by atoms with Crippen molar-refractivity contribution in [2.24, 2.45) is 0 Å². The van der Waals surface area contributed by atoms with Gasteiger partial charge in [-0.2, -0.15) is 0 Å². The Kier molecular flexibility index (Phi) is 7.96. The van der Waals surface area contributed by atoms with Crippen LogP contribution in [0.15, 0.2) is 79.1 Å². The van der Waals surface area contributed by atoms with Crippen molar-refractivity contribution in [3.63, 3.8) is 0 Å². The minimum absolute atomic E-state index is 0.0106. The standard InChI is InChI=1S/C29H31N5O4/c1-21(36-2)19-37-25-12-13-26-27(18-25)30-20-31-28(26)33-14-16-34(17-15-33)32-29(35)22-8-10-24(11-9-22)38-23-6-4-3-5-7-23/h3-13,18,20-21H,14-17,19H2,1-2H3,(H,32,35). The molecule has 38 heavy (non-hydrogen) atoms. The minimum Gasteiger partial charge on any atom is -0.491 e. The number of amides is 1. The van der Waals surface area contributed by atoms with Crippen LogP contribution in [0.5, 0.6) is 17.2 Å². The van der Waals surface area contributed by atoms with Crippen molar-refractivity contribution in [1.29, 1.82) is 0 Å². The largest absolute Gasteiger partial charge is 0.491 e. The number of hydrogen-bond acceptors (Lipinski definition) is 8. The van der Waals surface area contributed by atoms with E-state index >= 15 is 0 Å². The van der Waals surface area contributed by atoms with Crippen molar-refractivity contribution in [3.8, 4) is 17.2 Å². The molecule has 196 valence electrons. The molecular formula is C29H31N5O4. The Morgan fingerprint density at radius 2 is 1.63 bits per heavy atom. The first-order chi connectivity index (χ1) is 18.6. The lowest BCUT2D eigenvalue weighted by molar-refractivity contribution is 0.0717. The quantitative estimate of drug-likeness (QED) is 0.354. The number of carbonyl (C=O) groups is 1. The highest BCUT2D eigenvalue weighted by atomic mass is 16.5. The van der Waals surface area contributed by atoms with E-state index in [9.17, 15) is 4.79 Å². The van der Waals surface area contributed by atoms with Crippen LogP contribution in [0.25, 0.3) is 10.9 Å². The number of hydrogen-bond donors (Lipinski definition) is 1. The van der Waals surface area contributed by atoms with Gasteiger partial charge in [-0.25, -0.2) is 15.0 Å². The molecule has 0 saturated carbocycles. The normalized spacial score (nSPS) is 14.7. The van der Waals surface area contributed by atoms with Crippen LogP contribution in [0.4, 0.5) is 5.82 Å². The van der Waals surface area contributed by atoms with Gasteiger partial charge in [-0.05, 0) is 55.5 Å². The summed E-state index contributed by atoms with van der Waals surface area (Å²) >= 11 is 0. The van der Waals surface area contributed by atoms with Gasteiger partial charge in [0.25, 0.3) is 5.91 Å². The number of fused-ring (bicyclic) bond motifs is 1. The first kappa shape index (κ1) is 25.4. The highest BCUT2D eigenvalue weighted by Crippen LogP contribution is 2.27. The molecule has 1 saturated heterocycles. The van der Waals surface area contributed by atoms with Crippen molar-refractivity contribution in [2.45, 2.75) is 13.0 Å². The number of aromatic nitrogens is 2. The van der Waals surface area contributed by atoms with E-state index < -0.39 is 0 Å². The third kappa shape index (κ3) is 6.19. The first-order valence-corrected chi connectivity index (χ1v) is 12.6. The lowest BCUT2D eigenvalue weighted by Gasteiger charge is -2.35. The number of carbonyl (C=O) groups excluding carboxylic acids is 1. The van der Waals surface area contributed by atoms with E-state index in [1.807, 2.05) is 60.5 Å². The fraction of sp³-hybridized carbons (Fsp3) is 0.276. The first-order valence-electron chi connectivity index (χ1n) is 12.6. The van der Waals surface area contributed by atoms with Crippen molar-refractivity contribution >= 4 is 22.6 Å². The molecule has 0 bridgehead atoms. The number of nitrogens with zero attached hydrogens (tertiary/aromatic N) is 4. The van der Waals surface area contributed by atoms with Gasteiger partial charge in [0.05, 0.1) is 11.6 Å². The Morgan fingerprint density at radius 1 is 0.921 bits per heavy atom. The second-order valence-corrected chi connectivity index (χ2v) is 9.09. The SMILES string of the molecule is COC(C)COc1ccc2c(N3CCN(NC(=O)c4ccc(Oc5ccccc5)cc4)CC3)ncnc2c1. The summed E-state index contributed by atoms with van der Waals surface area (Å²) in [5, 5.41) is 2.91. The van der Waals surface area contributed by atoms with Gasteiger partial charge in [-0.15, -0.1) is 0 Å². The fourth-order valence-electron chi connectivity index (χ4n) is 4.18. The smallest absolute Gasteiger partial charge is 0.265 e. The summed E-state index contributed by atoms with van der Waals surface area (Å²) in [6, 6.07) is 22.5. The highest BCUT2D eigenvalue weighted by molar-refractivity contribution is 5.94. The van der Waals surface area contributed by atoms with Gasteiger partial charge >= 0.3 is 0 Å². The number of nitrogens with one attached hydrogen (secondary N) is 1. The van der Waals surface area contributed by atoms with E-state index in [1.54, 1.807) is 37.7 Å². The Morgan fingerprint density at radius 3 is 2.37 bits per heavy atom. The third-order valence-corrected chi connectivity index (χ3v) is 6.41. The molecule has 1 aliphatic heterocycles. The van der Waals surface area contributed by atoms with E-state index in [4.69, 9.17) is 14.2 Å². The highest BCUT2D eigenvalue weighted by Gasteiger charge is 2.22. The summed E-state index contributed by atoms with van der Waals surface area (Å²) in [4.78, 5) is 24.0. The molecule has 0 spiro atoms. The molecule has 4 aromatic rings. The molecule has 0 aliphatic carbocycles. The lowest BCUT2D eigenvalue weighted by Crippen LogP contribution is -2.53. The summed E-state index contributed by atoms with van der Waals surface area (Å²) in [5.74, 6) is 2.92. The zero-order chi connectivity index (χ0) is 26.3. The molecule has 5 rings (SSSR count). The number of benzene rings is 3. The van der Waals surface area contributed by atoms with E-state index in [1.165, 1.54) is 0 Å². The minimum atomic E-state index is -0.146. The molecule has 9 heteroatoms. The van der Waals surface area contributed by atoms with Gasteiger partial charge in [-0.3, -0.25) is 10.2 Å². The Labute approximate surface area is 221 Å². The predicted octanol–water partition coefficient (Wildman–Crippen LogP) is 4.30. The molecule has 1 atom stereocenters. The number of ether oxygens (including phenoxy) is 3. The molecule has 1 unspecified atom stereocenters. The number of piperazine rings is 1. The summed E-state index contributed by atoms with van der Waals surface area (Å²) in [7, 11) is 1.67. The Bertz CT molecular complexity index is 1360. The van der Waals surface area contributed by atoms with E-state index in [0.717, 1.165) is 41.3 Å². The topological polar surface area (TPSA) is 89.1 Å². The molecule has 2 heterocycles. The van der Waals surface area contributed by atoms with Gasteiger partial charge in [0.2, 0.25) is 0 Å².